The summed E-state index contributed by atoms with van der Waals surface area (Å²) in [7, 11) is 3.05. The van der Waals surface area contributed by atoms with Crippen LogP contribution in [0.1, 0.15) is 34.8 Å². The Morgan fingerprint density at radius 1 is 1.32 bits per heavy atom. The van der Waals surface area contributed by atoms with E-state index in [-0.39, 0.29) is 5.91 Å². The fraction of sp³-hybridized carbons (Fsp3) is 0.368. The number of rotatable bonds is 5. The van der Waals surface area contributed by atoms with Crippen molar-refractivity contribution in [3.8, 4) is 0 Å². The fourth-order valence-corrected chi connectivity index (χ4v) is 4.03. The van der Waals surface area contributed by atoms with Gasteiger partial charge in [0.05, 0.1) is 24.9 Å². The molecular weight excluding hydrogens is 336 g/mol. The van der Waals surface area contributed by atoms with Crippen LogP contribution < -0.4 is 4.90 Å². The number of methoxy groups -OCH3 is 1. The predicted octanol–water partition coefficient (Wildman–Crippen LogP) is 3.33. The zero-order valence-corrected chi connectivity index (χ0v) is 15.3. The summed E-state index contributed by atoms with van der Waals surface area (Å²) in [6.07, 6.45) is 2.17. The van der Waals surface area contributed by atoms with Crippen LogP contribution >= 0.6 is 11.3 Å². The number of amides is 1. The Labute approximate surface area is 151 Å². The van der Waals surface area contributed by atoms with Crippen LogP contribution in [0, 0.1) is 0 Å². The monoisotopic (exact) mass is 358 g/mol. The molecule has 1 saturated heterocycles. The topological polar surface area (TPSA) is 49.9 Å². The minimum Gasteiger partial charge on any atom is -0.465 e. The third kappa shape index (κ3) is 3.75. The second kappa shape index (κ2) is 7.80. The van der Waals surface area contributed by atoms with Gasteiger partial charge in [0.1, 0.15) is 0 Å². The summed E-state index contributed by atoms with van der Waals surface area (Å²) < 4.78 is 4.82. The van der Waals surface area contributed by atoms with E-state index in [0.29, 0.717) is 23.8 Å². The molecule has 0 saturated carbocycles. The first-order valence-corrected chi connectivity index (χ1v) is 9.26. The number of benzene rings is 1. The van der Waals surface area contributed by atoms with Gasteiger partial charge in [-0.05, 0) is 53.9 Å². The van der Waals surface area contributed by atoms with Gasteiger partial charge in [-0.3, -0.25) is 9.69 Å². The van der Waals surface area contributed by atoms with Crippen LogP contribution in [-0.4, -0.2) is 44.0 Å². The molecule has 1 aromatic heterocycles. The summed E-state index contributed by atoms with van der Waals surface area (Å²) >= 11 is 1.68. The number of nitrogens with zero attached hydrogens (tertiary/aromatic N) is 2. The number of carbonyl (C=O) groups is 2. The number of esters is 1. The Bertz CT molecular complexity index is 745. The van der Waals surface area contributed by atoms with Crippen molar-refractivity contribution < 1.29 is 14.3 Å². The Kier molecular flexibility index (Phi) is 5.50. The van der Waals surface area contributed by atoms with Crippen molar-refractivity contribution in [2.45, 2.75) is 18.9 Å². The van der Waals surface area contributed by atoms with E-state index in [0.717, 1.165) is 19.4 Å². The van der Waals surface area contributed by atoms with Gasteiger partial charge in [-0.1, -0.05) is 12.1 Å². The van der Waals surface area contributed by atoms with Crippen LogP contribution in [0.15, 0.2) is 41.1 Å². The smallest absolute Gasteiger partial charge is 0.339 e. The van der Waals surface area contributed by atoms with Crippen LogP contribution in [0.5, 0.6) is 0 Å². The van der Waals surface area contributed by atoms with Gasteiger partial charge < -0.3 is 9.64 Å². The Morgan fingerprint density at radius 2 is 2.12 bits per heavy atom. The van der Waals surface area contributed by atoms with Crippen molar-refractivity contribution >= 4 is 28.9 Å². The molecule has 2 aromatic rings. The number of hydrogen-bond acceptors (Lipinski definition) is 5. The largest absolute Gasteiger partial charge is 0.465 e. The molecular formula is C19H22N2O3S. The van der Waals surface area contributed by atoms with Crippen molar-refractivity contribution in [2.75, 3.05) is 32.1 Å². The maximum absolute atomic E-state index is 12.8. The molecule has 0 unspecified atom stereocenters. The lowest BCUT2D eigenvalue weighted by Crippen LogP contribution is -2.38. The van der Waals surface area contributed by atoms with Crippen LogP contribution in [0.3, 0.4) is 0 Å². The van der Waals surface area contributed by atoms with Crippen molar-refractivity contribution in [1.82, 2.24) is 4.90 Å². The molecule has 0 spiro atoms. The van der Waals surface area contributed by atoms with E-state index in [1.54, 1.807) is 41.5 Å². The zero-order chi connectivity index (χ0) is 17.8. The summed E-state index contributed by atoms with van der Waals surface area (Å²) in [5.41, 5.74) is 2.26. The number of ether oxygens (including phenoxy) is 1. The number of likely N-dealkylation sites (N-methyl/N-ethyl adjacent to an activating group) is 1. The molecule has 3 rings (SSSR count). The summed E-state index contributed by atoms with van der Waals surface area (Å²) in [6.45, 7) is 1.26. The van der Waals surface area contributed by atoms with Gasteiger partial charge in [0.15, 0.2) is 0 Å². The molecule has 25 heavy (non-hydrogen) atoms. The molecule has 1 aliphatic rings. The van der Waals surface area contributed by atoms with Gasteiger partial charge in [0.2, 0.25) is 5.91 Å². The molecule has 5 nitrogen and oxygen atoms in total. The van der Waals surface area contributed by atoms with E-state index in [1.807, 2.05) is 6.07 Å². The first-order chi connectivity index (χ1) is 12.1. The Hall–Kier alpha value is -2.18. The lowest BCUT2D eigenvalue weighted by atomic mass is 10.1. The average Bonchev–Trinajstić information content (AvgIpc) is 3.31. The average molecular weight is 358 g/mol. The predicted molar refractivity (Wildman–Crippen MR) is 99.1 cm³/mol. The molecule has 1 aromatic carbocycles. The third-order valence-electron chi connectivity index (χ3n) is 4.67. The molecule has 1 aliphatic heterocycles. The number of hydrogen-bond donors (Lipinski definition) is 0. The normalized spacial score (nSPS) is 17.4. The SMILES string of the molecule is COC(=O)c1ccccc1N(C)C(=O)CN1CCC[C@@H]1c1ccsc1. The minimum atomic E-state index is -0.437. The molecule has 1 amide bonds. The lowest BCUT2D eigenvalue weighted by Gasteiger charge is -2.27. The van der Waals surface area contributed by atoms with Crippen LogP contribution in [0.25, 0.3) is 0 Å². The number of carbonyl (C=O) groups excluding carboxylic acids is 2. The highest BCUT2D eigenvalue weighted by molar-refractivity contribution is 7.07. The summed E-state index contributed by atoms with van der Waals surface area (Å²) in [6, 6.07) is 9.46. The van der Waals surface area contributed by atoms with Gasteiger partial charge in [-0.25, -0.2) is 4.79 Å². The van der Waals surface area contributed by atoms with E-state index in [4.69, 9.17) is 4.74 Å². The first kappa shape index (κ1) is 17.6. The summed E-state index contributed by atoms with van der Waals surface area (Å²) in [5, 5.41) is 4.23. The molecule has 0 N–H and O–H groups in total. The standard InChI is InChI=1S/C19H22N2O3S/c1-20(17-7-4-3-6-15(17)19(23)24-2)18(22)12-21-10-5-8-16(21)14-9-11-25-13-14/h3-4,6-7,9,11,13,16H,5,8,10,12H2,1-2H3/t16-/m1/s1. The highest BCUT2D eigenvalue weighted by atomic mass is 32.1. The van der Waals surface area contributed by atoms with Crippen molar-refractivity contribution in [3.63, 3.8) is 0 Å². The van der Waals surface area contributed by atoms with Gasteiger partial charge in [0, 0.05) is 13.1 Å². The molecule has 0 aliphatic carbocycles. The van der Waals surface area contributed by atoms with E-state index >= 15 is 0 Å². The molecule has 2 heterocycles. The Morgan fingerprint density at radius 3 is 2.84 bits per heavy atom. The van der Waals surface area contributed by atoms with Crippen molar-refractivity contribution in [2.24, 2.45) is 0 Å². The second-order valence-electron chi connectivity index (χ2n) is 6.15. The fourth-order valence-electron chi connectivity index (χ4n) is 3.32. The molecule has 0 radical (unpaired) electrons. The maximum Gasteiger partial charge on any atom is 0.339 e. The lowest BCUT2D eigenvalue weighted by molar-refractivity contribution is -0.119. The van der Waals surface area contributed by atoms with E-state index < -0.39 is 5.97 Å². The second-order valence-corrected chi connectivity index (χ2v) is 6.93. The van der Waals surface area contributed by atoms with Crippen LogP contribution in [-0.2, 0) is 9.53 Å². The molecule has 1 atom stereocenters. The number of likely N-dealkylation sites (tertiary alicyclic amines) is 1. The maximum atomic E-state index is 12.8. The van der Waals surface area contributed by atoms with Crippen LogP contribution in [0.2, 0.25) is 0 Å². The van der Waals surface area contributed by atoms with E-state index in [2.05, 4.69) is 21.7 Å². The van der Waals surface area contributed by atoms with E-state index in [9.17, 15) is 9.59 Å². The highest BCUT2D eigenvalue weighted by Crippen LogP contribution is 2.33. The van der Waals surface area contributed by atoms with Crippen LogP contribution in [0.4, 0.5) is 5.69 Å². The zero-order valence-electron chi connectivity index (χ0n) is 14.5. The first-order valence-electron chi connectivity index (χ1n) is 8.32. The van der Waals surface area contributed by atoms with Gasteiger partial charge in [0.25, 0.3) is 0 Å². The van der Waals surface area contributed by atoms with E-state index in [1.165, 1.54) is 12.7 Å². The van der Waals surface area contributed by atoms with Gasteiger partial charge in [-0.2, -0.15) is 11.3 Å². The summed E-state index contributed by atoms with van der Waals surface area (Å²) in [4.78, 5) is 28.5. The Balaban J connectivity index is 1.74. The molecule has 6 heteroatoms. The van der Waals surface area contributed by atoms with Gasteiger partial charge >= 0.3 is 5.97 Å². The molecule has 132 valence electrons. The molecule has 0 bridgehead atoms. The van der Waals surface area contributed by atoms with Crippen molar-refractivity contribution in [3.05, 3.63) is 52.2 Å². The number of para-hydroxylation sites is 1. The third-order valence-corrected chi connectivity index (χ3v) is 5.38. The minimum absolute atomic E-state index is 0.0292. The number of anilines is 1. The molecule has 1 fully saturated rings. The number of thiophene rings is 1. The van der Waals surface area contributed by atoms with Gasteiger partial charge in [-0.15, -0.1) is 0 Å². The van der Waals surface area contributed by atoms with Crippen molar-refractivity contribution in [1.29, 1.82) is 0 Å². The summed E-state index contributed by atoms with van der Waals surface area (Å²) in [5.74, 6) is -0.467. The quantitative estimate of drug-likeness (QED) is 0.769. The highest BCUT2D eigenvalue weighted by Gasteiger charge is 2.29.